The summed E-state index contributed by atoms with van der Waals surface area (Å²) in [5.41, 5.74) is 1.41. The van der Waals surface area contributed by atoms with Crippen LogP contribution in [0.4, 0.5) is 10.1 Å². The van der Waals surface area contributed by atoms with E-state index in [0.29, 0.717) is 5.69 Å². The zero-order valence-electron chi connectivity index (χ0n) is 11.1. The van der Waals surface area contributed by atoms with Crippen LogP contribution in [0.25, 0.3) is 0 Å². The third kappa shape index (κ3) is 2.75. The molecule has 1 aromatic heterocycles. The van der Waals surface area contributed by atoms with Crippen LogP contribution >= 0.6 is 0 Å². The summed E-state index contributed by atoms with van der Waals surface area (Å²) in [7, 11) is 0. The van der Waals surface area contributed by atoms with Crippen molar-refractivity contribution in [3.8, 4) is 6.07 Å². The molecule has 3 rings (SSSR count). The number of aromatic nitrogens is 1. The molecule has 0 aliphatic heterocycles. The highest BCUT2D eigenvalue weighted by Gasteiger charge is 2.44. The Balaban J connectivity index is 1.67. The Bertz CT molecular complexity index is 724. The molecule has 1 amide bonds. The van der Waals surface area contributed by atoms with E-state index < -0.39 is 5.82 Å². The minimum atomic E-state index is -0.588. The van der Waals surface area contributed by atoms with Crippen LogP contribution in [-0.4, -0.2) is 10.9 Å². The molecule has 0 spiro atoms. The lowest BCUT2D eigenvalue weighted by Gasteiger charge is -2.05. The highest BCUT2D eigenvalue weighted by atomic mass is 19.1. The second-order valence-corrected chi connectivity index (χ2v) is 5.03. The fourth-order valence-corrected chi connectivity index (χ4v) is 2.37. The van der Waals surface area contributed by atoms with Crippen molar-refractivity contribution >= 4 is 11.6 Å². The fraction of sp³-hybridized carbons (Fsp3) is 0.188. The van der Waals surface area contributed by atoms with Gasteiger partial charge in [0.25, 0.3) is 0 Å². The first-order valence-corrected chi connectivity index (χ1v) is 6.59. The molecule has 2 atom stereocenters. The molecule has 104 valence electrons. The number of pyridine rings is 1. The van der Waals surface area contributed by atoms with E-state index in [1.165, 1.54) is 18.2 Å². The zero-order valence-corrected chi connectivity index (χ0v) is 11.1. The maximum Gasteiger partial charge on any atom is 0.228 e. The van der Waals surface area contributed by atoms with Gasteiger partial charge in [0, 0.05) is 24.0 Å². The Hall–Kier alpha value is -2.74. The van der Waals surface area contributed by atoms with Gasteiger partial charge < -0.3 is 5.32 Å². The number of hydrogen-bond donors (Lipinski definition) is 1. The van der Waals surface area contributed by atoms with Gasteiger partial charge in [-0.15, -0.1) is 0 Å². The van der Waals surface area contributed by atoms with Gasteiger partial charge in [-0.1, -0.05) is 6.07 Å². The number of anilines is 1. The second kappa shape index (κ2) is 5.33. The lowest BCUT2D eigenvalue weighted by atomic mass is 10.1. The Morgan fingerprint density at radius 2 is 2.29 bits per heavy atom. The number of nitrogens with one attached hydrogen (secondary N) is 1. The predicted molar refractivity (Wildman–Crippen MR) is 74.8 cm³/mol. The molecule has 1 aliphatic rings. The Labute approximate surface area is 121 Å². The van der Waals surface area contributed by atoms with E-state index in [4.69, 9.17) is 5.26 Å². The number of benzene rings is 1. The molecule has 4 nitrogen and oxygen atoms in total. The van der Waals surface area contributed by atoms with Gasteiger partial charge in [0.05, 0.1) is 5.56 Å². The van der Waals surface area contributed by atoms with Gasteiger partial charge in [0.2, 0.25) is 5.91 Å². The zero-order chi connectivity index (χ0) is 14.8. The average molecular weight is 281 g/mol. The van der Waals surface area contributed by atoms with Crippen molar-refractivity contribution in [2.45, 2.75) is 12.3 Å². The third-order valence-electron chi connectivity index (χ3n) is 3.59. The Kier molecular flexibility index (Phi) is 3.36. The SMILES string of the molecule is N#Cc1cc(NC(=O)C2CC2c2cccnc2)ccc1F. The molecule has 1 heterocycles. The van der Waals surface area contributed by atoms with E-state index in [2.05, 4.69) is 10.3 Å². The Morgan fingerprint density at radius 3 is 3.00 bits per heavy atom. The minimum Gasteiger partial charge on any atom is -0.326 e. The van der Waals surface area contributed by atoms with Crippen molar-refractivity contribution in [1.82, 2.24) is 4.98 Å². The molecule has 1 aromatic carbocycles. The summed E-state index contributed by atoms with van der Waals surface area (Å²) < 4.78 is 13.2. The standard InChI is InChI=1S/C16H12FN3O/c17-15-4-3-12(6-11(15)8-18)20-16(21)14-7-13(14)10-2-1-5-19-9-10/h1-6,9,13-14H,7H2,(H,20,21). The van der Waals surface area contributed by atoms with Gasteiger partial charge in [0.1, 0.15) is 11.9 Å². The summed E-state index contributed by atoms with van der Waals surface area (Å²) in [6.07, 6.45) is 4.25. The molecule has 1 saturated carbocycles. The van der Waals surface area contributed by atoms with Crippen LogP contribution in [0, 0.1) is 23.1 Å². The molecule has 1 aliphatic carbocycles. The first-order chi connectivity index (χ1) is 10.2. The van der Waals surface area contributed by atoms with Crippen LogP contribution in [0.15, 0.2) is 42.7 Å². The molecular formula is C16H12FN3O. The number of hydrogen-bond acceptors (Lipinski definition) is 3. The van der Waals surface area contributed by atoms with E-state index in [1.54, 1.807) is 18.5 Å². The molecule has 1 N–H and O–H groups in total. The number of nitriles is 1. The van der Waals surface area contributed by atoms with Gasteiger partial charge in [-0.25, -0.2) is 4.39 Å². The maximum atomic E-state index is 13.2. The topological polar surface area (TPSA) is 65.8 Å². The number of halogens is 1. The number of carbonyl (C=O) groups is 1. The molecule has 0 saturated heterocycles. The summed E-state index contributed by atoms with van der Waals surface area (Å²) in [6.45, 7) is 0. The first kappa shape index (κ1) is 13.3. The second-order valence-electron chi connectivity index (χ2n) is 5.03. The summed E-state index contributed by atoms with van der Waals surface area (Å²) >= 11 is 0. The van der Waals surface area contributed by atoms with Gasteiger partial charge in [-0.2, -0.15) is 5.26 Å². The number of amides is 1. The van der Waals surface area contributed by atoms with Gasteiger partial charge >= 0.3 is 0 Å². The highest BCUT2D eigenvalue weighted by Crippen LogP contribution is 2.47. The molecule has 0 radical (unpaired) electrons. The van der Waals surface area contributed by atoms with Crippen molar-refractivity contribution in [2.75, 3.05) is 5.32 Å². The van der Waals surface area contributed by atoms with Crippen LogP contribution in [0.3, 0.4) is 0 Å². The van der Waals surface area contributed by atoms with E-state index in [0.717, 1.165) is 12.0 Å². The number of carbonyl (C=O) groups excluding carboxylic acids is 1. The van der Waals surface area contributed by atoms with Crippen molar-refractivity contribution in [1.29, 1.82) is 5.26 Å². The summed E-state index contributed by atoms with van der Waals surface area (Å²) in [5, 5.41) is 11.5. The van der Waals surface area contributed by atoms with Crippen molar-refractivity contribution in [3.63, 3.8) is 0 Å². The van der Waals surface area contributed by atoms with Crippen molar-refractivity contribution in [3.05, 3.63) is 59.7 Å². The highest BCUT2D eigenvalue weighted by molar-refractivity contribution is 5.95. The summed E-state index contributed by atoms with van der Waals surface area (Å²) in [5.74, 6) is -0.603. The van der Waals surface area contributed by atoms with Crippen molar-refractivity contribution in [2.24, 2.45) is 5.92 Å². The average Bonchev–Trinajstić information content (AvgIpc) is 3.31. The van der Waals surface area contributed by atoms with Crippen LogP contribution in [0.2, 0.25) is 0 Å². The smallest absolute Gasteiger partial charge is 0.228 e. The van der Waals surface area contributed by atoms with Crippen LogP contribution in [-0.2, 0) is 4.79 Å². The molecule has 2 unspecified atom stereocenters. The maximum absolute atomic E-state index is 13.2. The largest absolute Gasteiger partial charge is 0.326 e. The minimum absolute atomic E-state index is 0.0765. The van der Waals surface area contributed by atoms with Crippen LogP contribution in [0.5, 0.6) is 0 Å². The molecular weight excluding hydrogens is 269 g/mol. The van der Waals surface area contributed by atoms with E-state index in [-0.39, 0.29) is 23.3 Å². The number of nitrogens with zero attached hydrogens (tertiary/aromatic N) is 2. The number of rotatable bonds is 3. The molecule has 0 bridgehead atoms. The van der Waals surface area contributed by atoms with Crippen LogP contribution < -0.4 is 5.32 Å². The van der Waals surface area contributed by atoms with Gasteiger partial charge in [0.15, 0.2) is 0 Å². The monoisotopic (exact) mass is 281 g/mol. The van der Waals surface area contributed by atoms with Crippen LogP contribution in [0.1, 0.15) is 23.5 Å². The van der Waals surface area contributed by atoms with E-state index >= 15 is 0 Å². The Morgan fingerprint density at radius 1 is 1.43 bits per heavy atom. The molecule has 21 heavy (non-hydrogen) atoms. The molecule has 1 fully saturated rings. The van der Waals surface area contributed by atoms with E-state index in [1.807, 2.05) is 12.1 Å². The van der Waals surface area contributed by atoms with Crippen molar-refractivity contribution < 1.29 is 9.18 Å². The quantitative estimate of drug-likeness (QED) is 0.940. The fourth-order valence-electron chi connectivity index (χ4n) is 2.37. The lowest BCUT2D eigenvalue weighted by molar-refractivity contribution is -0.117. The summed E-state index contributed by atoms with van der Waals surface area (Å²) in [4.78, 5) is 16.2. The molecule has 2 aromatic rings. The molecule has 5 heteroatoms. The summed E-state index contributed by atoms with van der Waals surface area (Å²) in [6, 6.07) is 9.53. The normalized spacial score (nSPS) is 19.6. The predicted octanol–water partition coefficient (Wildman–Crippen LogP) is 2.83. The van der Waals surface area contributed by atoms with Gasteiger partial charge in [-0.05, 0) is 42.2 Å². The van der Waals surface area contributed by atoms with E-state index in [9.17, 15) is 9.18 Å². The first-order valence-electron chi connectivity index (χ1n) is 6.59. The van der Waals surface area contributed by atoms with Gasteiger partial charge in [-0.3, -0.25) is 9.78 Å². The third-order valence-corrected chi connectivity index (χ3v) is 3.59. The lowest BCUT2D eigenvalue weighted by Crippen LogP contribution is -2.14.